The third-order valence-corrected chi connectivity index (χ3v) is 4.07. The van der Waals surface area contributed by atoms with Crippen LogP contribution in [0, 0.1) is 0 Å². The zero-order valence-corrected chi connectivity index (χ0v) is 12.2. The normalized spacial score (nSPS) is 18.7. The van der Waals surface area contributed by atoms with Gasteiger partial charge in [0.2, 0.25) is 0 Å². The largest absolute Gasteiger partial charge is 0.494 e. The predicted molar refractivity (Wildman–Crippen MR) is 79.3 cm³/mol. The molecule has 1 saturated heterocycles. The van der Waals surface area contributed by atoms with Crippen LogP contribution in [0.3, 0.4) is 0 Å². The minimum atomic E-state index is 0.378. The maximum absolute atomic E-state index is 5.77. The first-order valence-corrected chi connectivity index (χ1v) is 7.29. The summed E-state index contributed by atoms with van der Waals surface area (Å²) in [6.07, 6.45) is 3.73. The molecule has 0 amide bonds. The highest BCUT2D eigenvalue weighted by molar-refractivity contribution is 5.26. The Balaban J connectivity index is 1.69. The van der Waals surface area contributed by atoms with E-state index in [1.807, 2.05) is 24.3 Å². The molecule has 2 rings (SSSR count). The van der Waals surface area contributed by atoms with E-state index in [1.54, 1.807) is 0 Å². The van der Waals surface area contributed by atoms with E-state index in [4.69, 9.17) is 10.5 Å². The summed E-state index contributed by atoms with van der Waals surface area (Å²) in [5.74, 6) is 0.942. The summed E-state index contributed by atoms with van der Waals surface area (Å²) in [7, 11) is 0. The highest BCUT2D eigenvalue weighted by atomic mass is 16.5. The van der Waals surface area contributed by atoms with Crippen LogP contribution in [0.25, 0.3) is 0 Å². The van der Waals surface area contributed by atoms with Crippen molar-refractivity contribution in [2.45, 2.75) is 45.2 Å². The standard InChI is InChI=1S/C16H26N2O/c1-16(2)9-3-10-18(16)11-4-12-19-15-7-5-14(13-17)6-8-15/h5-8H,3-4,9-13,17H2,1-2H3. The van der Waals surface area contributed by atoms with Crippen molar-refractivity contribution in [2.24, 2.45) is 5.73 Å². The van der Waals surface area contributed by atoms with Gasteiger partial charge in [0, 0.05) is 18.6 Å². The van der Waals surface area contributed by atoms with Gasteiger partial charge in [0.15, 0.2) is 0 Å². The van der Waals surface area contributed by atoms with E-state index in [1.165, 1.54) is 19.4 Å². The Hall–Kier alpha value is -1.06. The van der Waals surface area contributed by atoms with E-state index in [-0.39, 0.29) is 0 Å². The molecule has 0 spiro atoms. The molecule has 1 aromatic rings. The molecule has 0 atom stereocenters. The quantitative estimate of drug-likeness (QED) is 0.801. The predicted octanol–water partition coefficient (Wildman–Crippen LogP) is 2.79. The molecule has 0 radical (unpaired) electrons. The Labute approximate surface area is 116 Å². The molecule has 1 aliphatic heterocycles. The fourth-order valence-corrected chi connectivity index (χ4v) is 2.74. The second-order valence-electron chi connectivity index (χ2n) is 5.95. The Morgan fingerprint density at radius 3 is 2.58 bits per heavy atom. The molecule has 0 aromatic heterocycles. The second-order valence-corrected chi connectivity index (χ2v) is 5.95. The lowest BCUT2D eigenvalue weighted by Crippen LogP contribution is -2.39. The van der Waals surface area contributed by atoms with Gasteiger partial charge < -0.3 is 10.5 Å². The highest BCUT2D eigenvalue weighted by Gasteiger charge is 2.30. The van der Waals surface area contributed by atoms with Crippen LogP contribution >= 0.6 is 0 Å². The lowest BCUT2D eigenvalue weighted by atomic mass is 10.0. The summed E-state index contributed by atoms with van der Waals surface area (Å²) in [6, 6.07) is 8.06. The Bertz CT molecular complexity index is 386. The first kappa shape index (κ1) is 14.4. The van der Waals surface area contributed by atoms with Crippen molar-refractivity contribution in [3.63, 3.8) is 0 Å². The van der Waals surface area contributed by atoms with Crippen LogP contribution < -0.4 is 10.5 Å². The number of nitrogens with zero attached hydrogens (tertiary/aromatic N) is 1. The van der Waals surface area contributed by atoms with Crippen molar-refractivity contribution in [1.82, 2.24) is 4.90 Å². The Morgan fingerprint density at radius 2 is 2.00 bits per heavy atom. The molecule has 2 N–H and O–H groups in total. The molecule has 0 aliphatic carbocycles. The zero-order valence-electron chi connectivity index (χ0n) is 12.2. The van der Waals surface area contributed by atoms with Gasteiger partial charge in [0.05, 0.1) is 6.61 Å². The average Bonchev–Trinajstić information content (AvgIpc) is 2.74. The molecule has 19 heavy (non-hydrogen) atoms. The topological polar surface area (TPSA) is 38.5 Å². The molecular formula is C16H26N2O. The summed E-state index contributed by atoms with van der Waals surface area (Å²) >= 11 is 0. The van der Waals surface area contributed by atoms with Crippen molar-refractivity contribution >= 4 is 0 Å². The number of nitrogens with two attached hydrogens (primary N) is 1. The van der Waals surface area contributed by atoms with Crippen molar-refractivity contribution in [3.05, 3.63) is 29.8 Å². The minimum absolute atomic E-state index is 0.378. The number of hydrogen-bond acceptors (Lipinski definition) is 3. The number of likely N-dealkylation sites (tertiary alicyclic amines) is 1. The summed E-state index contributed by atoms with van der Waals surface area (Å²) in [4.78, 5) is 2.58. The first-order chi connectivity index (χ1) is 9.12. The number of hydrogen-bond donors (Lipinski definition) is 1. The molecule has 1 aromatic carbocycles. The molecule has 0 saturated carbocycles. The van der Waals surface area contributed by atoms with E-state index in [2.05, 4.69) is 18.7 Å². The molecule has 106 valence electrons. The first-order valence-electron chi connectivity index (χ1n) is 7.29. The van der Waals surface area contributed by atoms with Crippen LogP contribution in [-0.2, 0) is 6.54 Å². The fraction of sp³-hybridized carbons (Fsp3) is 0.625. The summed E-state index contributed by atoms with van der Waals surface area (Å²) in [5, 5.41) is 0. The van der Waals surface area contributed by atoms with Gasteiger partial charge >= 0.3 is 0 Å². The summed E-state index contributed by atoms with van der Waals surface area (Å²) < 4.78 is 5.77. The lowest BCUT2D eigenvalue weighted by Gasteiger charge is -2.31. The summed E-state index contributed by atoms with van der Waals surface area (Å²) in [6.45, 7) is 8.42. The van der Waals surface area contributed by atoms with Crippen molar-refractivity contribution in [1.29, 1.82) is 0 Å². The van der Waals surface area contributed by atoms with E-state index in [9.17, 15) is 0 Å². The van der Waals surface area contributed by atoms with Gasteiger partial charge in [0.1, 0.15) is 5.75 Å². The van der Waals surface area contributed by atoms with Gasteiger partial charge in [-0.3, -0.25) is 4.90 Å². The van der Waals surface area contributed by atoms with Gasteiger partial charge in [-0.05, 0) is 57.4 Å². The molecule has 1 aliphatic rings. The van der Waals surface area contributed by atoms with Crippen molar-refractivity contribution < 1.29 is 4.74 Å². The maximum atomic E-state index is 5.77. The molecular weight excluding hydrogens is 236 g/mol. The Kier molecular flexibility index (Phi) is 4.83. The molecule has 0 unspecified atom stereocenters. The molecule has 3 heteroatoms. The van der Waals surface area contributed by atoms with E-state index in [0.717, 1.165) is 30.9 Å². The van der Waals surface area contributed by atoms with Gasteiger partial charge in [-0.15, -0.1) is 0 Å². The number of benzene rings is 1. The zero-order chi connectivity index (χ0) is 13.7. The van der Waals surface area contributed by atoms with Gasteiger partial charge in [0.25, 0.3) is 0 Å². The fourth-order valence-electron chi connectivity index (χ4n) is 2.74. The van der Waals surface area contributed by atoms with E-state index < -0.39 is 0 Å². The minimum Gasteiger partial charge on any atom is -0.494 e. The van der Waals surface area contributed by atoms with Crippen LogP contribution in [0.5, 0.6) is 5.75 Å². The van der Waals surface area contributed by atoms with E-state index >= 15 is 0 Å². The molecule has 1 heterocycles. The molecule has 3 nitrogen and oxygen atoms in total. The third-order valence-electron chi connectivity index (χ3n) is 4.07. The SMILES string of the molecule is CC1(C)CCCN1CCCOc1ccc(CN)cc1. The van der Waals surface area contributed by atoms with Crippen molar-refractivity contribution in [2.75, 3.05) is 19.7 Å². The average molecular weight is 262 g/mol. The van der Waals surface area contributed by atoms with Crippen LogP contribution in [0.15, 0.2) is 24.3 Å². The maximum Gasteiger partial charge on any atom is 0.119 e. The number of rotatable bonds is 6. The third kappa shape index (κ3) is 3.95. The lowest BCUT2D eigenvalue weighted by molar-refractivity contribution is 0.160. The molecule has 1 fully saturated rings. The van der Waals surface area contributed by atoms with E-state index in [0.29, 0.717) is 12.1 Å². The highest BCUT2D eigenvalue weighted by Crippen LogP contribution is 2.27. The van der Waals surface area contributed by atoms with Crippen LogP contribution in [-0.4, -0.2) is 30.1 Å². The van der Waals surface area contributed by atoms with Crippen molar-refractivity contribution in [3.8, 4) is 5.75 Å². The summed E-state index contributed by atoms with van der Waals surface area (Å²) in [5.41, 5.74) is 7.09. The van der Waals surface area contributed by atoms with Gasteiger partial charge in [-0.2, -0.15) is 0 Å². The monoisotopic (exact) mass is 262 g/mol. The van der Waals surface area contributed by atoms with Gasteiger partial charge in [-0.25, -0.2) is 0 Å². The smallest absolute Gasteiger partial charge is 0.119 e. The second kappa shape index (κ2) is 6.40. The van der Waals surface area contributed by atoms with Crippen LogP contribution in [0.4, 0.5) is 0 Å². The van der Waals surface area contributed by atoms with Crippen LogP contribution in [0.1, 0.15) is 38.7 Å². The van der Waals surface area contributed by atoms with Crippen LogP contribution in [0.2, 0.25) is 0 Å². The molecule has 0 bridgehead atoms. The Morgan fingerprint density at radius 1 is 1.26 bits per heavy atom. The van der Waals surface area contributed by atoms with Gasteiger partial charge in [-0.1, -0.05) is 12.1 Å². The number of ether oxygens (including phenoxy) is 1.